The quantitative estimate of drug-likeness (QED) is 0.672. The van der Waals surface area contributed by atoms with E-state index in [1.807, 2.05) is 6.55 Å². The molecule has 0 radical (unpaired) electrons. The smallest absolute Gasteiger partial charge is 0.334 e. The summed E-state index contributed by atoms with van der Waals surface area (Å²) in [5.41, 5.74) is 5.09. The summed E-state index contributed by atoms with van der Waals surface area (Å²) >= 11 is 0. The van der Waals surface area contributed by atoms with Gasteiger partial charge in [0.25, 0.3) is 0 Å². The van der Waals surface area contributed by atoms with Crippen LogP contribution in [0.3, 0.4) is 0 Å². The SMILES string of the molecule is CO[Si](C)(CCCN(C)C(N)=O)OC. The van der Waals surface area contributed by atoms with Crippen molar-refractivity contribution in [2.45, 2.75) is 19.0 Å². The van der Waals surface area contributed by atoms with Crippen molar-refractivity contribution >= 4 is 14.6 Å². The molecule has 0 atom stereocenters. The van der Waals surface area contributed by atoms with Crippen molar-refractivity contribution < 1.29 is 13.6 Å². The largest absolute Gasteiger partial charge is 0.398 e. The maximum Gasteiger partial charge on any atom is 0.334 e. The van der Waals surface area contributed by atoms with Crippen molar-refractivity contribution in [3.05, 3.63) is 0 Å². The van der Waals surface area contributed by atoms with Gasteiger partial charge in [0, 0.05) is 27.8 Å². The Hall–Kier alpha value is -0.593. The van der Waals surface area contributed by atoms with E-state index in [1.165, 1.54) is 4.90 Å². The molecule has 0 aliphatic rings. The molecule has 0 unspecified atom stereocenters. The lowest BCUT2D eigenvalue weighted by molar-refractivity contribution is 0.216. The van der Waals surface area contributed by atoms with Crippen LogP contribution in [0.2, 0.25) is 12.6 Å². The lowest BCUT2D eigenvalue weighted by Gasteiger charge is -2.23. The Bertz CT molecular complexity index is 185. The van der Waals surface area contributed by atoms with Gasteiger partial charge < -0.3 is 19.5 Å². The molecule has 0 aromatic rings. The number of hydrogen-bond acceptors (Lipinski definition) is 3. The molecule has 0 aromatic heterocycles. The van der Waals surface area contributed by atoms with E-state index in [9.17, 15) is 4.79 Å². The van der Waals surface area contributed by atoms with Gasteiger partial charge in [-0.25, -0.2) is 4.79 Å². The maximum absolute atomic E-state index is 10.7. The average Bonchev–Trinajstić information content (AvgIpc) is 2.17. The topological polar surface area (TPSA) is 64.8 Å². The highest BCUT2D eigenvalue weighted by Crippen LogP contribution is 2.13. The Morgan fingerprint density at radius 3 is 2.29 bits per heavy atom. The van der Waals surface area contributed by atoms with Crippen LogP contribution in [0.4, 0.5) is 4.79 Å². The van der Waals surface area contributed by atoms with Crippen molar-refractivity contribution in [3.8, 4) is 0 Å². The van der Waals surface area contributed by atoms with E-state index >= 15 is 0 Å². The number of primary amides is 1. The molecule has 0 bridgehead atoms. The molecule has 0 aliphatic heterocycles. The monoisotopic (exact) mass is 220 g/mol. The summed E-state index contributed by atoms with van der Waals surface area (Å²) in [6, 6.07) is 0.459. The Balaban J connectivity index is 3.77. The molecule has 0 rings (SSSR count). The summed E-state index contributed by atoms with van der Waals surface area (Å²) in [5, 5.41) is 0. The summed E-state index contributed by atoms with van der Waals surface area (Å²) in [6.07, 6.45) is 0.851. The van der Waals surface area contributed by atoms with Crippen LogP contribution in [0.5, 0.6) is 0 Å². The molecule has 2 N–H and O–H groups in total. The normalized spacial score (nSPS) is 11.4. The first-order valence-corrected chi connectivity index (χ1v) is 7.08. The molecular weight excluding hydrogens is 200 g/mol. The zero-order valence-electron chi connectivity index (χ0n) is 9.37. The first kappa shape index (κ1) is 13.4. The Labute approximate surface area is 86.4 Å². The average molecular weight is 220 g/mol. The van der Waals surface area contributed by atoms with Gasteiger partial charge >= 0.3 is 14.6 Å². The van der Waals surface area contributed by atoms with E-state index in [1.54, 1.807) is 21.3 Å². The highest BCUT2D eigenvalue weighted by molar-refractivity contribution is 6.65. The molecule has 6 heteroatoms. The summed E-state index contributed by atoms with van der Waals surface area (Å²) in [5.74, 6) is 0. The molecule has 14 heavy (non-hydrogen) atoms. The van der Waals surface area contributed by atoms with Gasteiger partial charge in [-0.15, -0.1) is 0 Å². The summed E-state index contributed by atoms with van der Waals surface area (Å²) in [4.78, 5) is 12.2. The predicted molar refractivity (Wildman–Crippen MR) is 57.3 cm³/mol. The van der Waals surface area contributed by atoms with Crippen molar-refractivity contribution in [2.75, 3.05) is 27.8 Å². The number of carbonyl (C=O) groups is 1. The van der Waals surface area contributed by atoms with Crippen LogP contribution in [0.1, 0.15) is 6.42 Å². The van der Waals surface area contributed by atoms with Gasteiger partial charge in [0.15, 0.2) is 0 Å². The summed E-state index contributed by atoms with van der Waals surface area (Å²) in [6.45, 7) is 2.64. The molecule has 0 saturated carbocycles. The van der Waals surface area contributed by atoms with Crippen molar-refractivity contribution in [2.24, 2.45) is 5.73 Å². The second kappa shape index (κ2) is 6.00. The molecule has 0 aromatic carbocycles. The molecule has 0 saturated heterocycles. The fourth-order valence-electron chi connectivity index (χ4n) is 1.03. The minimum atomic E-state index is -1.98. The van der Waals surface area contributed by atoms with Gasteiger partial charge in [-0.05, 0) is 19.0 Å². The minimum absolute atomic E-state index is 0.400. The van der Waals surface area contributed by atoms with Crippen LogP contribution in [-0.4, -0.2) is 47.3 Å². The Morgan fingerprint density at radius 1 is 1.43 bits per heavy atom. The second-order valence-electron chi connectivity index (χ2n) is 3.41. The first-order valence-electron chi connectivity index (χ1n) is 4.56. The minimum Gasteiger partial charge on any atom is -0.398 e. The fraction of sp³-hybridized carbons (Fsp3) is 0.875. The van der Waals surface area contributed by atoms with E-state index in [0.717, 1.165) is 12.5 Å². The number of nitrogens with zero attached hydrogens (tertiary/aromatic N) is 1. The molecular formula is C8H20N2O3Si. The van der Waals surface area contributed by atoms with Crippen LogP contribution < -0.4 is 5.73 Å². The van der Waals surface area contributed by atoms with Crippen LogP contribution in [0.15, 0.2) is 0 Å². The second-order valence-corrected chi connectivity index (χ2v) is 6.99. The first-order chi connectivity index (χ1) is 6.45. The van der Waals surface area contributed by atoms with E-state index < -0.39 is 14.6 Å². The third kappa shape index (κ3) is 4.59. The number of amides is 2. The number of nitrogens with two attached hydrogens (primary N) is 1. The number of urea groups is 1. The molecule has 5 nitrogen and oxygen atoms in total. The fourth-order valence-corrected chi connectivity index (χ4v) is 2.41. The standard InChI is InChI=1S/C8H20N2O3Si/c1-10(8(9)11)6-5-7-14(4,12-2)13-3/h5-7H2,1-4H3,(H2,9,11). The van der Waals surface area contributed by atoms with Crippen LogP contribution in [-0.2, 0) is 8.85 Å². The molecule has 84 valence electrons. The van der Waals surface area contributed by atoms with Crippen LogP contribution in [0.25, 0.3) is 0 Å². The molecule has 0 aliphatic carbocycles. The van der Waals surface area contributed by atoms with Crippen molar-refractivity contribution in [3.63, 3.8) is 0 Å². The molecule has 2 amide bonds. The van der Waals surface area contributed by atoms with Gasteiger partial charge in [0.05, 0.1) is 0 Å². The Morgan fingerprint density at radius 2 is 1.93 bits per heavy atom. The number of rotatable bonds is 6. The lowest BCUT2D eigenvalue weighted by Crippen LogP contribution is -2.38. The van der Waals surface area contributed by atoms with Gasteiger partial charge in [-0.1, -0.05) is 0 Å². The van der Waals surface area contributed by atoms with E-state index in [2.05, 4.69) is 0 Å². The number of hydrogen-bond donors (Lipinski definition) is 1. The molecule has 0 spiro atoms. The summed E-state index contributed by atoms with van der Waals surface area (Å²) < 4.78 is 10.6. The predicted octanol–water partition coefficient (Wildman–Crippen LogP) is 0.752. The van der Waals surface area contributed by atoms with E-state index in [4.69, 9.17) is 14.6 Å². The highest BCUT2D eigenvalue weighted by Gasteiger charge is 2.27. The van der Waals surface area contributed by atoms with Gasteiger partial charge in [-0.2, -0.15) is 0 Å². The van der Waals surface area contributed by atoms with Crippen LogP contribution >= 0.6 is 0 Å². The lowest BCUT2D eigenvalue weighted by atomic mass is 10.4. The zero-order chi connectivity index (χ0) is 11.2. The third-order valence-electron chi connectivity index (χ3n) is 2.36. The number of carbonyl (C=O) groups excluding carboxylic acids is 1. The van der Waals surface area contributed by atoms with Crippen LogP contribution in [0, 0.1) is 0 Å². The van der Waals surface area contributed by atoms with E-state index in [0.29, 0.717) is 6.54 Å². The highest BCUT2D eigenvalue weighted by atomic mass is 28.4. The van der Waals surface area contributed by atoms with Gasteiger partial charge in [0.1, 0.15) is 0 Å². The maximum atomic E-state index is 10.7. The summed E-state index contributed by atoms with van der Waals surface area (Å²) in [7, 11) is 3.02. The molecule has 0 fully saturated rings. The Kier molecular flexibility index (Phi) is 5.74. The van der Waals surface area contributed by atoms with E-state index in [-0.39, 0.29) is 0 Å². The van der Waals surface area contributed by atoms with Gasteiger partial charge in [-0.3, -0.25) is 0 Å². The van der Waals surface area contributed by atoms with Crippen molar-refractivity contribution in [1.29, 1.82) is 0 Å². The molecule has 0 heterocycles. The zero-order valence-corrected chi connectivity index (χ0v) is 10.4. The van der Waals surface area contributed by atoms with Crippen molar-refractivity contribution in [1.82, 2.24) is 4.90 Å². The third-order valence-corrected chi connectivity index (χ3v) is 5.35. The van der Waals surface area contributed by atoms with Gasteiger partial charge in [0.2, 0.25) is 0 Å².